The number of rotatable bonds is 1. The molecule has 0 amide bonds. The summed E-state index contributed by atoms with van der Waals surface area (Å²) < 4.78 is 1.73. The third-order valence-corrected chi connectivity index (χ3v) is 2.25. The highest BCUT2D eigenvalue weighted by Gasteiger charge is 2.16. The molecule has 0 spiro atoms. The van der Waals surface area contributed by atoms with Gasteiger partial charge in [0.2, 0.25) is 0 Å². The van der Waals surface area contributed by atoms with Gasteiger partial charge in [0.15, 0.2) is 5.69 Å². The van der Waals surface area contributed by atoms with Crippen LogP contribution in [0.25, 0.3) is 0 Å². The average molecular weight is 180 g/mol. The number of carboxylic acid groups (broad SMARTS) is 1. The molecule has 13 heavy (non-hydrogen) atoms. The smallest absolute Gasteiger partial charge is 0.295 e. The van der Waals surface area contributed by atoms with Crippen LogP contribution < -0.4 is 9.67 Å². The molecule has 0 aliphatic heterocycles. The van der Waals surface area contributed by atoms with Crippen molar-refractivity contribution in [3.05, 3.63) is 22.8 Å². The molecule has 0 saturated heterocycles. The lowest BCUT2D eigenvalue weighted by Gasteiger charge is -2.08. The Morgan fingerprint density at radius 3 is 2.38 bits per heavy atom. The van der Waals surface area contributed by atoms with E-state index >= 15 is 0 Å². The molecule has 0 saturated carbocycles. The van der Waals surface area contributed by atoms with Crippen molar-refractivity contribution in [3.8, 4) is 0 Å². The van der Waals surface area contributed by atoms with E-state index in [0.29, 0.717) is 11.4 Å². The summed E-state index contributed by atoms with van der Waals surface area (Å²) in [5, 5.41) is 10.7. The van der Waals surface area contributed by atoms with Crippen molar-refractivity contribution in [1.29, 1.82) is 0 Å². The molecule has 1 aromatic heterocycles. The second-order valence-electron chi connectivity index (χ2n) is 3.05. The minimum atomic E-state index is -1.17. The Morgan fingerprint density at radius 1 is 1.38 bits per heavy atom. The van der Waals surface area contributed by atoms with Crippen LogP contribution >= 0.6 is 0 Å². The van der Waals surface area contributed by atoms with Crippen molar-refractivity contribution in [1.82, 2.24) is 4.98 Å². The SMILES string of the molecule is Cc1nc(C)[n+](C)c(C)c1C(=O)[O-]. The van der Waals surface area contributed by atoms with Gasteiger partial charge in [-0.1, -0.05) is 4.98 Å². The number of carbonyl (C=O) groups is 1. The summed E-state index contributed by atoms with van der Waals surface area (Å²) in [6, 6.07) is 0. The van der Waals surface area contributed by atoms with E-state index in [1.165, 1.54) is 0 Å². The molecule has 0 aliphatic rings. The van der Waals surface area contributed by atoms with E-state index in [1.54, 1.807) is 25.5 Å². The summed E-state index contributed by atoms with van der Waals surface area (Å²) in [7, 11) is 1.78. The number of nitrogens with zero attached hydrogens (tertiary/aromatic N) is 2. The van der Waals surface area contributed by atoms with Crippen molar-refractivity contribution >= 4 is 5.97 Å². The topological polar surface area (TPSA) is 56.9 Å². The van der Waals surface area contributed by atoms with Crippen molar-refractivity contribution < 1.29 is 14.5 Å². The van der Waals surface area contributed by atoms with Gasteiger partial charge in [-0.15, -0.1) is 0 Å². The first-order valence-corrected chi connectivity index (χ1v) is 4.00. The number of hydrogen-bond donors (Lipinski definition) is 0. The predicted octanol–water partition coefficient (Wildman–Crippen LogP) is -0.805. The minimum Gasteiger partial charge on any atom is -0.544 e. The fourth-order valence-corrected chi connectivity index (χ4v) is 1.34. The average Bonchev–Trinajstić information content (AvgIpc) is 1.99. The van der Waals surface area contributed by atoms with Gasteiger partial charge in [-0.2, -0.15) is 0 Å². The number of carboxylic acids is 1. The van der Waals surface area contributed by atoms with Gasteiger partial charge < -0.3 is 9.90 Å². The molecule has 0 bridgehead atoms. The van der Waals surface area contributed by atoms with Crippen LogP contribution in [0.2, 0.25) is 0 Å². The van der Waals surface area contributed by atoms with Gasteiger partial charge in [0, 0.05) is 13.8 Å². The van der Waals surface area contributed by atoms with E-state index in [1.807, 2.05) is 6.92 Å². The molecule has 0 N–H and O–H groups in total. The zero-order valence-electron chi connectivity index (χ0n) is 8.21. The lowest BCUT2D eigenvalue weighted by Crippen LogP contribution is -2.41. The fraction of sp³-hybridized carbons (Fsp3) is 0.444. The molecular formula is C9H12N2O2. The highest BCUT2D eigenvalue weighted by molar-refractivity contribution is 5.87. The van der Waals surface area contributed by atoms with Gasteiger partial charge in [-0.25, -0.2) is 4.57 Å². The van der Waals surface area contributed by atoms with E-state index in [9.17, 15) is 9.90 Å². The number of carbonyl (C=O) groups excluding carboxylic acids is 1. The monoisotopic (exact) mass is 180 g/mol. The molecular weight excluding hydrogens is 168 g/mol. The normalized spacial score (nSPS) is 10.2. The second-order valence-corrected chi connectivity index (χ2v) is 3.05. The molecule has 4 heteroatoms. The first-order chi connectivity index (χ1) is 5.95. The molecule has 0 fully saturated rings. The highest BCUT2D eigenvalue weighted by Crippen LogP contribution is 2.06. The Balaban J connectivity index is 3.53. The minimum absolute atomic E-state index is 0.188. The Bertz CT molecular complexity index is 372. The van der Waals surface area contributed by atoms with Crippen molar-refractivity contribution in [2.24, 2.45) is 7.05 Å². The van der Waals surface area contributed by atoms with Gasteiger partial charge in [-0.3, -0.25) is 0 Å². The van der Waals surface area contributed by atoms with Crippen LogP contribution in [0.3, 0.4) is 0 Å². The molecule has 0 unspecified atom stereocenters. The molecule has 0 atom stereocenters. The summed E-state index contributed by atoms with van der Waals surface area (Å²) in [5.74, 6) is -0.377. The molecule has 1 rings (SSSR count). The van der Waals surface area contributed by atoms with Gasteiger partial charge in [0.25, 0.3) is 5.82 Å². The van der Waals surface area contributed by atoms with E-state index < -0.39 is 5.97 Å². The number of aromatic carboxylic acids is 1. The Morgan fingerprint density at radius 2 is 1.92 bits per heavy atom. The maximum Gasteiger partial charge on any atom is 0.295 e. The van der Waals surface area contributed by atoms with Crippen LogP contribution in [0.4, 0.5) is 0 Å². The van der Waals surface area contributed by atoms with Crippen molar-refractivity contribution in [3.63, 3.8) is 0 Å². The third kappa shape index (κ3) is 1.52. The first-order valence-electron chi connectivity index (χ1n) is 4.00. The third-order valence-electron chi connectivity index (χ3n) is 2.25. The zero-order valence-corrected chi connectivity index (χ0v) is 8.21. The number of aryl methyl sites for hydroxylation is 2. The van der Waals surface area contributed by atoms with E-state index in [4.69, 9.17) is 0 Å². The molecule has 0 radical (unpaired) electrons. The van der Waals surface area contributed by atoms with Crippen LogP contribution in [0, 0.1) is 20.8 Å². The Labute approximate surface area is 76.9 Å². The van der Waals surface area contributed by atoms with Gasteiger partial charge >= 0.3 is 0 Å². The van der Waals surface area contributed by atoms with Crippen molar-refractivity contribution in [2.45, 2.75) is 20.8 Å². The fourth-order valence-electron chi connectivity index (χ4n) is 1.34. The molecule has 70 valence electrons. The van der Waals surface area contributed by atoms with E-state index in [0.717, 1.165) is 5.82 Å². The summed E-state index contributed by atoms with van der Waals surface area (Å²) in [6.45, 7) is 5.25. The van der Waals surface area contributed by atoms with Crippen LogP contribution in [0.15, 0.2) is 0 Å². The molecule has 4 nitrogen and oxygen atoms in total. The number of aromatic nitrogens is 2. The van der Waals surface area contributed by atoms with Crippen molar-refractivity contribution in [2.75, 3.05) is 0 Å². The zero-order chi connectivity index (χ0) is 10.2. The van der Waals surface area contributed by atoms with Gasteiger partial charge in [0.05, 0.1) is 18.6 Å². The van der Waals surface area contributed by atoms with E-state index in [-0.39, 0.29) is 5.56 Å². The van der Waals surface area contributed by atoms with E-state index in [2.05, 4.69) is 4.98 Å². The highest BCUT2D eigenvalue weighted by atomic mass is 16.4. The first kappa shape index (κ1) is 9.64. The maximum absolute atomic E-state index is 10.7. The van der Waals surface area contributed by atoms with Crippen LogP contribution in [0.1, 0.15) is 27.6 Å². The molecule has 1 heterocycles. The predicted molar refractivity (Wildman–Crippen MR) is 44.0 cm³/mol. The number of hydrogen-bond acceptors (Lipinski definition) is 3. The van der Waals surface area contributed by atoms with Crippen LogP contribution in [-0.4, -0.2) is 11.0 Å². The lowest BCUT2D eigenvalue weighted by molar-refractivity contribution is -0.687. The Kier molecular flexibility index (Phi) is 2.32. The van der Waals surface area contributed by atoms with Gasteiger partial charge in [0.1, 0.15) is 5.69 Å². The summed E-state index contributed by atoms with van der Waals surface area (Å²) in [5.41, 5.74) is 1.37. The maximum atomic E-state index is 10.7. The molecule has 1 aromatic rings. The lowest BCUT2D eigenvalue weighted by atomic mass is 10.1. The second kappa shape index (κ2) is 3.12. The largest absolute Gasteiger partial charge is 0.544 e. The summed E-state index contributed by atoms with van der Waals surface area (Å²) in [4.78, 5) is 14.8. The summed E-state index contributed by atoms with van der Waals surface area (Å²) >= 11 is 0. The quantitative estimate of drug-likeness (QED) is 0.531. The summed E-state index contributed by atoms with van der Waals surface area (Å²) in [6.07, 6.45) is 0. The molecule has 0 aliphatic carbocycles. The van der Waals surface area contributed by atoms with Crippen LogP contribution in [-0.2, 0) is 7.05 Å². The van der Waals surface area contributed by atoms with Crippen LogP contribution in [0.5, 0.6) is 0 Å². The standard InChI is InChI=1S/C9H12N2O2/c1-5-8(9(12)13)6(2)11(4)7(3)10-5/h1-4H3. The molecule has 0 aromatic carbocycles. The Hall–Kier alpha value is -1.45. The van der Waals surface area contributed by atoms with Gasteiger partial charge in [-0.05, 0) is 6.92 Å².